The fraction of sp³-hybridized carbons (Fsp3) is 1.00. The predicted molar refractivity (Wildman–Crippen MR) is 127 cm³/mol. The Morgan fingerprint density at radius 1 is 0.724 bits per heavy atom. The lowest BCUT2D eigenvalue weighted by Gasteiger charge is -2.62. The van der Waals surface area contributed by atoms with E-state index in [1.54, 1.807) is 38.5 Å². The molecule has 0 spiro atoms. The Balaban J connectivity index is 1.46. The lowest BCUT2D eigenvalue weighted by atomic mass is 9.43. The summed E-state index contributed by atoms with van der Waals surface area (Å²) >= 11 is 0. The molecule has 0 heteroatoms. The third-order valence-electron chi connectivity index (χ3n) is 11.4. The van der Waals surface area contributed by atoms with Crippen molar-refractivity contribution in [1.29, 1.82) is 0 Å². The van der Waals surface area contributed by atoms with E-state index in [1.165, 1.54) is 38.5 Å². The summed E-state index contributed by atoms with van der Waals surface area (Å²) in [5, 5.41) is 0. The van der Waals surface area contributed by atoms with Crippen molar-refractivity contribution >= 4 is 0 Å². The summed E-state index contributed by atoms with van der Waals surface area (Å²) in [4.78, 5) is 0. The van der Waals surface area contributed by atoms with Gasteiger partial charge in [0.25, 0.3) is 0 Å². The molecule has 8 unspecified atom stereocenters. The minimum atomic E-state index is 0.601. The highest BCUT2D eigenvalue weighted by molar-refractivity contribution is 5.10. The number of hydrogen-bond acceptors (Lipinski definition) is 0. The van der Waals surface area contributed by atoms with E-state index in [0.29, 0.717) is 16.2 Å². The predicted octanol–water partition coefficient (Wildman–Crippen LogP) is 9.13. The van der Waals surface area contributed by atoms with Crippen LogP contribution in [0.15, 0.2) is 0 Å². The highest BCUT2D eigenvalue weighted by Gasteiger charge is 2.60. The van der Waals surface area contributed by atoms with Crippen molar-refractivity contribution in [2.45, 2.75) is 126 Å². The van der Waals surface area contributed by atoms with Gasteiger partial charge in [0.05, 0.1) is 0 Å². The summed E-state index contributed by atoms with van der Waals surface area (Å²) in [5.41, 5.74) is 1.93. The first-order valence-electron chi connectivity index (χ1n) is 13.6. The van der Waals surface area contributed by atoms with E-state index in [0.717, 1.165) is 41.4 Å². The molecule has 29 heavy (non-hydrogen) atoms. The van der Waals surface area contributed by atoms with Crippen LogP contribution in [-0.4, -0.2) is 0 Å². The highest BCUT2D eigenvalue weighted by Crippen LogP contribution is 2.69. The van der Waals surface area contributed by atoms with Gasteiger partial charge in [-0.25, -0.2) is 0 Å². The molecule has 0 amide bonds. The zero-order valence-electron chi connectivity index (χ0n) is 21.0. The van der Waals surface area contributed by atoms with Gasteiger partial charge >= 0.3 is 0 Å². The molecule has 4 fully saturated rings. The van der Waals surface area contributed by atoms with Crippen LogP contribution in [0.2, 0.25) is 0 Å². The van der Waals surface area contributed by atoms with Crippen LogP contribution in [0.25, 0.3) is 0 Å². The van der Waals surface area contributed by atoms with Crippen LogP contribution in [0, 0.1) is 57.7 Å². The second kappa shape index (κ2) is 7.85. The van der Waals surface area contributed by atoms with E-state index in [2.05, 4.69) is 48.5 Å². The van der Waals surface area contributed by atoms with E-state index in [1.807, 2.05) is 0 Å². The van der Waals surface area contributed by atoms with Gasteiger partial charge in [0, 0.05) is 0 Å². The molecule has 4 aliphatic carbocycles. The van der Waals surface area contributed by atoms with Gasteiger partial charge in [-0.05, 0) is 115 Å². The standard InChI is InChI=1S/C29H52/c1-20(2)9-8-10-21(3)24-13-14-25-23-12-11-22-19-27(4,5)17-18-28(22,6)26(23)15-16-29(24,25)7/h20-26H,8-19H2,1-7H3. The number of rotatable bonds is 5. The number of fused-ring (bicyclic) bond motifs is 5. The molecule has 168 valence electrons. The highest BCUT2D eigenvalue weighted by atomic mass is 14.7. The second-order valence-corrected chi connectivity index (χ2v) is 14.1. The first kappa shape index (κ1) is 22.2. The molecule has 0 aromatic rings. The largest absolute Gasteiger partial charge is 0.0628 e. The third-order valence-corrected chi connectivity index (χ3v) is 11.4. The third kappa shape index (κ3) is 3.86. The Bertz CT molecular complexity index is 573. The maximum Gasteiger partial charge on any atom is -0.0264 e. The minimum Gasteiger partial charge on any atom is -0.0628 e. The summed E-state index contributed by atoms with van der Waals surface area (Å²) in [6.45, 7) is 18.0. The maximum atomic E-state index is 2.75. The molecule has 0 bridgehead atoms. The molecule has 0 aromatic heterocycles. The Morgan fingerprint density at radius 2 is 1.45 bits per heavy atom. The van der Waals surface area contributed by atoms with Crippen molar-refractivity contribution < 1.29 is 0 Å². The summed E-state index contributed by atoms with van der Waals surface area (Å²) < 4.78 is 0. The molecule has 0 saturated heterocycles. The molecule has 0 radical (unpaired) electrons. The molecule has 0 nitrogen and oxygen atoms in total. The van der Waals surface area contributed by atoms with Crippen molar-refractivity contribution in [3.63, 3.8) is 0 Å². The van der Waals surface area contributed by atoms with Gasteiger partial charge in [-0.15, -0.1) is 0 Å². The first-order valence-corrected chi connectivity index (χ1v) is 13.6. The van der Waals surface area contributed by atoms with Gasteiger partial charge in [-0.1, -0.05) is 67.7 Å². The van der Waals surface area contributed by atoms with Crippen LogP contribution in [-0.2, 0) is 0 Å². The molecule has 0 aromatic carbocycles. The SMILES string of the molecule is CC(C)CCCC(C)C1CCC2C3CCC4CC(C)(C)CCC4(C)C3CCC12C. The molecule has 8 atom stereocenters. The average molecular weight is 401 g/mol. The van der Waals surface area contributed by atoms with E-state index < -0.39 is 0 Å². The monoisotopic (exact) mass is 400 g/mol. The zero-order chi connectivity index (χ0) is 21.0. The van der Waals surface area contributed by atoms with Crippen molar-refractivity contribution in [3.05, 3.63) is 0 Å². The van der Waals surface area contributed by atoms with Crippen molar-refractivity contribution in [3.8, 4) is 0 Å². The fourth-order valence-corrected chi connectivity index (χ4v) is 9.66. The van der Waals surface area contributed by atoms with Gasteiger partial charge in [0.15, 0.2) is 0 Å². The van der Waals surface area contributed by atoms with Crippen molar-refractivity contribution in [1.82, 2.24) is 0 Å². The second-order valence-electron chi connectivity index (χ2n) is 14.1. The molecule has 4 aliphatic rings. The summed E-state index contributed by atoms with van der Waals surface area (Å²) in [7, 11) is 0. The van der Waals surface area contributed by atoms with Gasteiger partial charge in [0.2, 0.25) is 0 Å². The smallest absolute Gasteiger partial charge is 0.0264 e. The lowest BCUT2D eigenvalue weighted by Crippen LogP contribution is -2.54. The molecule has 0 heterocycles. The normalized spacial score (nSPS) is 47.4. The quantitative estimate of drug-likeness (QED) is 0.431. The molecule has 0 N–H and O–H groups in total. The van der Waals surface area contributed by atoms with Gasteiger partial charge in [-0.3, -0.25) is 0 Å². The van der Waals surface area contributed by atoms with Crippen LogP contribution in [0.4, 0.5) is 0 Å². The van der Waals surface area contributed by atoms with E-state index in [4.69, 9.17) is 0 Å². The zero-order valence-corrected chi connectivity index (χ0v) is 21.0. The Labute approximate surface area is 183 Å². The molecule has 0 aliphatic heterocycles. The van der Waals surface area contributed by atoms with Gasteiger partial charge < -0.3 is 0 Å². The Morgan fingerprint density at radius 3 is 2.17 bits per heavy atom. The summed E-state index contributed by atoms with van der Waals surface area (Å²) in [6, 6.07) is 0. The molecular formula is C29H52. The average Bonchev–Trinajstić information content (AvgIpc) is 2.99. The van der Waals surface area contributed by atoms with Crippen molar-refractivity contribution in [2.24, 2.45) is 57.7 Å². The maximum absolute atomic E-state index is 2.75. The topological polar surface area (TPSA) is 0 Å². The summed E-state index contributed by atoms with van der Waals surface area (Å²) in [5.74, 6) is 7.00. The van der Waals surface area contributed by atoms with E-state index >= 15 is 0 Å². The van der Waals surface area contributed by atoms with Crippen LogP contribution in [0.1, 0.15) is 126 Å². The van der Waals surface area contributed by atoms with E-state index in [9.17, 15) is 0 Å². The van der Waals surface area contributed by atoms with Crippen LogP contribution in [0.3, 0.4) is 0 Å². The molecule has 4 saturated carbocycles. The van der Waals surface area contributed by atoms with Crippen molar-refractivity contribution in [2.75, 3.05) is 0 Å². The van der Waals surface area contributed by atoms with Gasteiger partial charge in [-0.2, -0.15) is 0 Å². The van der Waals surface area contributed by atoms with Crippen LogP contribution >= 0.6 is 0 Å². The minimum absolute atomic E-state index is 0.601. The Kier molecular flexibility index (Phi) is 6.01. The van der Waals surface area contributed by atoms with Crippen LogP contribution in [0.5, 0.6) is 0 Å². The van der Waals surface area contributed by atoms with Gasteiger partial charge in [0.1, 0.15) is 0 Å². The molecular weight excluding hydrogens is 348 g/mol. The fourth-order valence-electron chi connectivity index (χ4n) is 9.66. The van der Waals surface area contributed by atoms with Crippen LogP contribution < -0.4 is 0 Å². The lowest BCUT2D eigenvalue weighted by molar-refractivity contribution is -0.129. The Hall–Kier alpha value is 0. The first-order chi connectivity index (χ1) is 13.6. The summed E-state index contributed by atoms with van der Waals surface area (Å²) in [6.07, 6.45) is 18.2. The number of hydrogen-bond donors (Lipinski definition) is 0. The molecule has 4 rings (SSSR count). The van der Waals surface area contributed by atoms with E-state index in [-0.39, 0.29) is 0 Å².